The zero-order valence-corrected chi connectivity index (χ0v) is 12.0. The SMILES string of the molecule is CCc1ccc(CC)c(-c2ccc(C=O)c(Cl)c2)c1. The van der Waals surface area contributed by atoms with Gasteiger partial charge in [-0.3, -0.25) is 4.79 Å². The highest BCUT2D eigenvalue weighted by Crippen LogP contribution is 2.29. The molecule has 0 atom stereocenters. The molecule has 0 spiro atoms. The minimum absolute atomic E-state index is 0.511. The second kappa shape index (κ2) is 6.03. The molecule has 0 fully saturated rings. The maximum Gasteiger partial charge on any atom is 0.151 e. The number of hydrogen-bond acceptors (Lipinski definition) is 1. The van der Waals surface area contributed by atoms with Gasteiger partial charge in [-0.25, -0.2) is 0 Å². The number of halogens is 1. The predicted octanol–water partition coefficient (Wildman–Crippen LogP) is 4.94. The van der Waals surface area contributed by atoms with Crippen molar-refractivity contribution < 1.29 is 4.79 Å². The molecule has 0 aliphatic carbocycles. The third kappa shape index (κ3) is 2.87. The van der Waals surface area contributed by atoms with Crippen LogP contribution in [0.25, 0.3) is 11.1 Å². The summed E-state index contributed by atoms with van der Waals surface area (Å²) in [5.41, 5.74) is 5.42. The van der Waals surface area contributed by atoms with Crippen LogP contribution in [0.2, 0.25) is 5.02 Å². The Labute approximate surface area is 119 Å². The summed E-state index contributed by atoms with van der Waals surface area (Å²) in [7, 11) is 0. The van der Waals surface area contributed by atoms with Gasteiger partial charge in [0, 0.05) is 5.56 Å². The molecule has 0 saturated carbocycles. The number of aryl methyl sites for hydroxylation is 2. The highest BCUT2D eigenvalue weighted by Gasteiger charge is 2.07. The Morgan fingerprint density at radius 2 is 1.84 bits per heavy atom. The lowest BCUT2D eigenvalue weighted by atomic mass is 9.94. The molecule has 0 unspecified atom stereocenters. The van der Waals surface area contributed by atoms with E-state index in [2.05, 4.69) is 32.0 Å². The van der Waals surface area contributed by atoms with Gasteiger partial charge in [0.2, 0.25) is 0 Å². The molecule has 0 aromatic heterocycles. The fourth-order valence-corrected chi connectivity index (χ4v) is 2.44. The predicted molar refractivity (Wildman–Crippen MR) is 81.0 cm³/mol. The first-order valence-corrected chi connectivity index (χ1v) is 6.94. The van der Waals surface area contributed by atoms with Crippen LogP contribution in [-0.4, -0.2) is 6.29 Å². The van der Waals surface area contributed by atoms with Crippen molar-refractivity contribution in [1.29, 1.82) is 0 Å². The number of hydrogen-bond donors (Lipinski definition) is 0. The van der Waals surface area contributed by atoms with Gasteiger partial charge in [0.15, 0.2) is 6.29 Å². The quantitative estimate of drug-likeness (QED) is 0.720. The minimum atomic E-state index is 0.511. The lowest BCUT2D eigenvalue weighted by molar-refractivity contribution is 0.112. The molecular weight excluding hydrogens is 256 g/mol. The topological polar surface area (TPSA) is 17.1 Å². The monoisotopic (exact) mass is 272 g/mol. The minimum Gasteiger partial charge on any atom is -0.298 e. The van der Waals surface area contributed by atoms with Crippen LogP contribution in [0.4, 0.5) is 0 Å². The number of carbonyl (C=O) groups is 1. The third-order valence-corrected chi connectivity index (χ3v) is 3.73. The van der Waals surface area contributed by atoms with E-state index in [1.807, 2.05) is 12.1 Å². The van der Waals surface area contributed by atoms with Crippen LogP contribution in [0.1, 0.15) is 35.3 Å². The molecule has 0 bridgehead atoms. The van der Waals surface area contributed by atoms with Gasteiger partial charge < -0.3 is 0 Å². The number of rotatable bonds is 4. The Balaban J connectivity index is 2.56. The maximum atomic E-state index is 10.8. The highest BCUT2D eigenvalue weighted by molar-refractivity contribution is 6.33. The molecule has 98 valence electrons. The lowest BCUT2D eigenvalue weighted by Gasteiger charge is -2.11. The van der Waals surface area contributed by atoms with Crippen molar-refractivity contribution >= 4 is 17.9 Å². The first-order chi connectivity index (χ1) is 9.19. The van der Waals surface area contributed by atoms with Crippen LogP contribution in [0.5, 0.6) is 0 Å². The Kier molecular flexibility index (Phi) is 4.39. The second-order valence-electron chi connectivity index (χ2n) is 4.55. The molecule has 2 heteroatoms. The van der Waals surface area contributed by atoms with Crippen LogP contribution in [-0.2, 0) is 12.8 Å². The van der Waals surface area contributed by atoms with Gasteiger partial charge in [-0.15, -0.1) is 0 Å². The molecule has 19 heavy (non-hydrogen) atoms. The van der Waals surface area contributed by atoms with E-state index in [9.17, 15) is 4.79 Å². The van der Waals surface area contributed by atoms with E-state index in [0.29, 0.717) is 10.6 Å². The summed E-state index contributed by atoms with van der Waals surface area (Å²) in [6, 6.07) is 12.2. The Bertz CT molecular complexity index is 602. The van der Waals surface area contributed by atoms with Crippen molar-refractivity contribution in [2.45, 2.75) is 26.7 Å². The molecule has 0 saturated heterocycles. The summed E-state index contributed by atoms with van der Waals surface area (Å²) in [4.78, 5) is 10.8. The van der Waals surface area contributed by atoms with Crippen molar-refractivity contribution in [2.24, 2.45) is 0 Å². The molecular formula is C17H17ClO. The van der Waals surface area contributed by atoms with E-state index >= 15 is 0 Å². The summed E-state index contributed by atoms with van der Waals surface area (Å²) in [5, 5.41) is 0.511. The van der Waals surface area contributed by atoms with Crippen molar-refractivity contribution in [1.82, 2.24) is 0 Å². The van der Waals surface area contributed by atoms with Gasteiger partial charge in [0.1, 0.15) is 0 Å². The van der Waals surface area contributed by atoms with Crippen LogP contribution in [0.15, 0.2) is 36.4 Å². The molecule has 1 nitrogen and oxygen atoms in total. The van der Waals surface area contributed by atoms with Gasteiger partial charge in [0.25, 0.3) is 0 Å². The number of carbonyl (C=O) groups excluding carboxylic acids is 1. The van der Waals surface area contributed by atoms with Crippen molar-refractivity contribution in [3.63, 3.8) is 0 Å². The number of benzene rings is 2. The molecule has 0 N–H and O–H groups in total. The van der Waals surface area contributed by atoms with Gasteiger partial charge >= 0.3 is 0 Å². The first kappa shape index (κ1) is 13.8. The Morgan fingerprint density at radius 3 is 2.42 bits per heavy atom. The molecule has 0 amide bonds. The Morgan fingerprint density at radius 1 is 1.05 bits per heavy atom. The van der Waals surface area contributed by atoms with E-state index in [1.54, 1.807) is 6.07 Å². The van der Waals surface area contributed by atoms with Crippen molar-refractivity contribution in [3.05, 3.63) is 58.1 Å². The summed E-state index contributed by atoms with van der Waals surface area (Å²) < 4.78 is 0. The van der Waals surface area contributed by atoms with Crippen molar-refractivity contribution in [2.75, 3.05) is 0 Å². The standard InChI is InChI=1S/C17H17ClO/c1-3-12-5-6-13(4-2)16(9-12)14-7-8-15(11-19)17(18)10-14/h5-11H,3-4H2,1-2H3. The Hall–Kier alpha value is -1.60. The van der Waals surface area contributed by atoms with Gasteiger partial charge in [-0.05, 0) is 47.2 Å². The third-order valence-electron chi connectivity index (χ3n) is 3.40. The molecule has 0 aliphatic rings. The van der Waals surface area contributed by atoms with E-state index in [-0.39, 0.29) is 0 Å². The van der Waals surface area contributed by atoms with E-state index in [0.717, 1.165) is 24.7 Å². The lowest BCUT2D eigenvalue weighted by Crippen LogP contribution is -1.92. The van der Waals surface area contributed by atoms with E-state index in [4.69, 9.17) is 11.6 Å². The normalized spacial score (nSPS) is 10.5. The molecule has 0 radical (unpaired) electrons. The van der Waals surface area contributed by atoms with Crippen LogP contribution >= 0.6 is 11.6 Å². The molecule has 2 aromatic rings. The van der Waals surface area contributed by atoms with Crippen LogP contribution in [0.3, 0.4) is 0 Å². The maximum absolute atomic E-state index is 10.8. The summed E-state index contributed by atoms with van der Waals surface area (Å²) >= 11 is 6.12. The van der Waals surface area contributed by atoms with Crippen molar-refractivity contribution in [3.8, 4) is 11.1 Å². The largest absolute Gasteiger partial charge is 0.298 e. The van der Waals surface area contributed by atoms with Gasteiger partial charge in [-0.2, -0.15) is 0 Å². The second-order valence-corrected chi connectivity index (χ2v) is 4.96. The molecule has 2 aromatic carbocycles. The highest BCUT2D eigenvalue weighted by atomic mass is 35.5. The zero-order chi connectivity index (χ0) is 13.8. The molecule has 0 heterocycles. The first-order valence-electron chi connectivity index (χ1n) is 6.56. The van der Waals surface area contributed by atoms with Gasteiger partial charge in [0.05, 0.1) is 5.02 Å². The van der Waals surface area contributed by atoms with E-state index < -0.39 is 0 Å². The summed E-state index contributed by atoms with van der Waals surface area (Å²) in [6.45, 7) is 4.29. The molecule has 0 aliphatic heterocycles. The zero-order valence-electron chi connectivity index (χ0n) is 11.2. The summed E-state index contributed by atoms with van der Waals surface area (Å²) in [5.74, 6) is 0. The fourth-order valence-electron chi connectivity index (χ4n) is 2.21. The smallest absolute Gasteiger partial charge is 0.151 e. The van der Waals surface area contributed by atoms with E-state index in [1.165, 1.54) is 16.7 Å². The van der Waals surface area contributed by atoms with Gasteiger partial charge in [-0.1, -0.05) is 49.7 Å². The van der Waals surface area contributed by atoms with Crippen LogP contribution < -0.4 is 0 Å². The molecule has 2 rings (SSSR count). The summed E-state index contributed by atoms with van der Waals surface area (Å²) in [6.07, 6.45) is 2.78. The van der Waals surface area contributed by atoms with Crippen LogP contribution in [0, 0.1) is 0 Å². The number of aldehydes is 1. The fraction of sp³-hybridized carbons (Fsp3) is 0.235. The average Bonchev–Trinajstić information content (AvgIpc) is 2.46. The average molecular weight is 273 g/mol.